The zero-order chi connectivity index (χ0) is 12.8. The van der Waals surface area contributed by atoms with Gasteiger partial charge in [0.05, 0.1) is 6.04 Å². The largest absolute Gasteiger partial charge is 0.358 e. The fourth-order valence-electron chi connectivity index (χ4n) is 1.67. The minimum absolute atomic E-state index is 0.0270. The minimum Gasteiger partial charge on any atom is -0.358 e. The van der Waals surface area contributed by atoms with Gasteiger partial charge in [-0.2, -0.15) is 0 Å². The average molecular weight is 238 g/mol. The summed E-state index contributed by atoms with van der Waals surface area (Å²) >= 11 is 0. The van der Waals surface area contributed by atoms with Crippen LogP contribution in [0.2, 0.25) is 0 Å². The van der Waals surface area contributed by atoms with Crippen LogP contribution in [-0.4, -0.2) is 25.5 Å². The summed E-state index contributed by atoms with van der Waals surface area (Å²) in [5, 5.41) is 5.70. The van der Waals surface area contributed by atoms with Crippen LogP contribution in [0.25, 0.3) is 0 Å². The molecule has 0 aromatic heterocycles. The smallest absolute Gasteiger partial charge is 0.236 e. The highest BCUT2D eigenvalue weighted by atomic mass is 19.1. The van der Waals surface area contributed by atoms with Crippen LogP contribution in [0.1, 0.15) is 18.1 Å². The Morgan fingerprint density at radius 1 is 1.47 bits per heavy atom. The second-order valence-corrected chi connectivity index (χ2v) is 4.11. The molecule has 0 aliphatic rings. The number of halogens is 1. The fraction of sp³-hybridized carbons (Fsp3) is 0.462. The van der Waals surface area contributed by atoms with E-state index in [2.05, 4.69) is 10.6 Å². The Labute approximate surface area is 101 Å². The summed E-state index contributed by atoms with van der Waals surface area (Å²) in [4.78, 5) is 11.2. The molecule has 1 rings (SSSR count). The van der Waals surface area contributed by atoms with Crippen LogP contribution in [-0.2, 0) is 11.2 Å². The standard InChI is InChI=1S/C13H19FN2O/c1-9-8-12(14)5-4-11(9)6-7-16-10(2)13(17)15-3/h4-5,8,10,16H,6-7H2,1-3H3,(H,15,17). The number of carbonyl (C=O) groups excluding carboxylic acids is 1. The third-order valence-electron chi connectivity index (χ3n) is 2.79. The van der Waals surface area contributed by atoms with Gasteiger partial charge in [0.25, 0.3) is 0 Å². The van der Waals surface area contributed by atoms with Crippen molar-refractivity contribution >= 4 is 5.91 Å². The Balaban J connectivity index is 2.43. The summed E-state index contributed by atoms with van der Waals surface area (Å²) in [5.74, 6) is -0.237. The van der Waals surface area contributed by atoms with E-state index in [0.29, 0.717) is 6.54 Å². The number of hydrogen-bond acceptors (Lipinski definition) is 2. The van der Waals surface area contributed by atoms with Crippen molar-refractivity contribution in [2.75, 3.05) is 13.6 Å². The number of hydrogen-bond donors (Lipinski definition) is 2. The van der Waals surface area contributed by atoms with Gasteiger partial charge in [-0.25, -0.2) is 4.39 Å². The molecular weight excluding hydrogens is 219 g/mol. The summed E-state index contributed by atoms with van der Waals surface area (Å²) < 4.78 is 12.9. The van der Waals surface area contributed by atoms with Crippen molar-refractivity contribution in [2.45, 2.75) is 26.3 Å². The maximum atomic E-state index is 12.9. The molecule has 0 saturated carbocycles. The van der Waals surface area contributed by atoms with Gasteiger partial charge in [-0.05, 0) is 50.1 Å². The molecule has 0 bridgehead atoms. The van der Waals surface area contributed by atoms with E-state index in [4.69, 9.17) is 0 Å². The van der Waals surface area contributed by atoms with Crippen molar-refractivity contribution in [1.82, 2.24) is 10.6 Å². The first-order valence-corrected chi connectivity index (χ1v) is 5.74. The number of benzene rings is 1. The van der Waals surface area contributed by atoms with E-state index in [1.165, 1.54) is 12.1 Å². The van der Waals surface area contributed by atoms with Crippen LogP contribution in [0.15, 0.2) is 18.2 Å². The monoisotopic (exact) mass is 238 g/mol. The van der Waals surface area contributed by atoms with Crippen LogP contribution in [0.3, 0.4) is 0 Å². The zero-order valence-corrected chi connectivity index (χ0v) is 10.5. The second kappa shape index (κ2) is 6.35. The molecule has 0 radical (unpaired) electrons. The van der Waals surface area contributed by atoms with E-state index in [1.807, 2.05) is 13.8 Å². The van der Waals surface area contributed by atoms with Crippen molar-refractivity contribution in [2.24, 2.45) is 0 Å². The Hall–Kier alpha value is -1.42. The first-order valence-electron chi connectivity index (χ1n) is 5.74. The molecule has 1 aromatic carbocycles. The Bertz CT molecular complexity index is 393. The molecule has 1 aromatic rings. The molecule has 3 nitrogen and oxygen atoms in total. The first kappa shape index (κ1) is 13.6. The molecule has 0 aliphatic carbocycles. The maximum Gasteiger partial charge on any atom is 0.236 e. The number of nitrogens with one attached hydrogen (secondary N) is 2. The highest BCUT2D eigenvalue weighted by Crippen LogP contribution is 2.10. The van der Waals surface area contributed by atoms with Crippen molar-refractivity contribution in [3.05, 3.63) is 35.1 Å². The highest BCUT2D eigenvalue weighted by Gasteiger charge is 2.09. The lowest BCUT2D eigenvalue weighted by Crippen LogP contribution is -2.41. The normalized spacial score (nSPS) is 12.2. The van der Waals surface area contributed by atoms with Gasteiger partial charge < -0.3 is 10.6 Å². The topological polar surface area (TPSA) is 41.1 Å². The minimum atomic E-state index is -0.210. The van der Waals surface area contributed by atoms with Gasteiger partial charge in [0.1, 0.15) is 5.82 Å². The van der Waals surface area contributed by atoms with Crippen molar-refractivity contribution in [3.8, 4) is 0 Å². The van der Waals surface area contributed by atoms with E-state index >= 15 is 0 Å². The van der Waals surface area contributed by atoms with Crippen LogP contribution in [0.5, 0.6) is 0 Å². The Morgan fingerprint density at radius 2 is 2.18 bits per heavy atom. The van der Waals surface area contributed by atoms with Gasteiger partial charge in [-0.3, -0.25) is 4.79 Å². The van der Waals surface area contributed by atoms with Gasteiger partial charge >= 0.3 is 0 Å². The van der Waals surface area contributed by atoms with E-state index in [9.17, 15) is 9.18 Å². The van der Waals surface area contributed by atoms with E-state index in [1.54, 1.807) is 13.1 Å². The Kier molecular flexibility index (Phi) is 5.10. The summed E-state index contributed by atoms with van der Waals surface area (Å²) in [6, 6.07) is 4.57. The van der Waals surface area contributed by atoms with Crippen LogP contribution >= 0.6 is 0 Å². The number of aryl methyl sites for hydroxylation is 1. The zero-order valence-electron chi connectivity index (χ0n) is 10.5. The number of amides is 1. The molecule has 0 heterocycles. The van der Waals surface area contributed by atoms with Crippen LogP contribution < -0.4 is 10.6 Å². The number of likely N-dealkylation sites (N-methyl/N-ethyl adjacent to an activating group) is 1. The average Bonchev–Trinajstić information content (AvgIpc) is 2.30. The van der Waals surface area contributed by atoms with Gasteiger partial charge in [0.15, 0.2) is 0 Å². The molecule has 0 saturated heterocycles. The third-order valence-corrected chi connectivity index (χ3v) is 2.79. The summed E-state index contributed by atoms with van der Waals surface area (Å²) in [5.41, 5.74) is 2.04. The van der Waals surface area contributed by atoms with Gasteiger partial charge in [0, 0.05) is 7.05 Å². The van der Waals surface area contributed by atoms with E-state index < -0.39 is 0 Å². The lowest BCUT2D eigenvalue weighted by molar-refractivity contribution is -0.122. The molecule has 0 spiro atoms. The molecule has 1 atom stereocenters. The summed E-state index contributed by atoms with van der Waals surface area (Å²) in [6.07, 6.45) is 0.785. The van der Waals surface area contributed by atoms with Crippen LogP contribution in [0, 0.1) is 12.7 Å². The summed E-state index contributed by atoms with van der Waals surface area (Å²) in [7, 11) is 1.62. The SMILES string of the molecule is CNC(=O)C(C)NCCc1ccc(F)cc1C. The lowest BCUT2D eigenvalue weighted by atomic mass is 10.1. The lowest BCUT2D eigenvalue weighted by Gasteiger charge is -2.12. The predicted octanol–water partition coefficient (Wildman–Crippen LogP) is 1.40. The molecule has 0 aliphatic heterocycles. The van der Waals surface area contributed by atoms with Crippen molar-refractivity contribution in [1.29, 1.82) is 0 Å². The molecule has 1 unspecified atom stereocenters. The molecule has 17 heavy (non-hydrogen) atoms. The Morgan fingerprint density at radius 3 is 2.76 bits per heavy atom. The predicted molar refractivity (Wildman–Crippen MR) is 66.4 cm³/mol. The second-order valence-electron chi connectivity index (χ2n) is 4.11. The first-order chi connectivity index (χ1) is 8.04. The van der Waals surface area contributed by atoms with Crippen molar-refractivity contribution in [3.63, 3.8) is 0 Å². The van der Waals surface area contributed by atoms with E-state index in [0.717, 1.165) is 17.5 Å². The molecule has 2 N–H and O–H groups in total. The van der Waals surface area contributed by atoms with Gasteiger partial charge in [-0.15, -0.1) is 0 Å². The van der Waals surface area contributed by atoms with E-state index in [-0.39, 0.29) is 17.8 Å². The van der Waals surface area contributed by atoms with Crippen LogP contribution in [0.4, 0.5) is 4.39 Å². The number of rotatable bonds is 5. The summed E-state index contributed by atoms with van der Waals surface area (Å²) in [6.45, 7) is 4.40. The highest BCUT2D eigenvalue weighted by molar-refractivity contribution is 5.80. The molecule has 1 amide bonds. The maximum absolute atomic E-state index is 12.9. The quantitative estimate of drug-likeness (QED) is 0.814. The fourth-order valence-corrected chi connectivity index (χ4v) is 1.67. The molecule has 0 fully saturated rings. The van der Waals surface area contributed by atoms with Crippen molar-refractivity contribution < 1.29 is 9.18 Å². The third kappa shape index (κ3) is 4.15. The molecule has 94 valence electrons. The number of carbonyl (C=O) groups is 1. The molecule has 4 heteroatoms. The van der Waals surface area contributed by atoms with Gasteiger partial charge in [-0.1, -0.05) is 6.07 Å². The molecular formula is C13H19FN2O. The van der Waals surface area contributed by atoms with Gasteiger partial charge in [0.2, 0.25) is 5.91 Å².